The predicted molar refractivity (Wildman–Crippen MR) is 85.6 cm³/mol. The molecular weight excluding hydrogens is 317 g/mol. The van der Waals surface area contributed by atoms with E-state index in [2.05, 4.69) is 5.10 Å². The number of hydrogen-bond acceptors (Lipinski definition) is 2. The van der Waals surface area contributed by atoms with Gasteiger partial charge in [-0.2, -0.15) is 18.3 Å². The normalized spacial score (nSPS) is 12.0. The first kappa shape index (κ1) is 15.9. The van der Waals surface area contributed by atoms with Crippen LogP contribution in [0.1, 0.15) is 17.0 Å². The van der Waals surface area contributed by atoms with E-state index in [1.54, 1.807) is 12.2 Å². The van der Waals surface area contributed by atoms with Gasteiger partial charge >= 0.3 is 6.18 Å². The minimum atomic E-state index is -4.53. The van der Waals surface area contributed by atoms with Gasteiger partial charge in [-0.3, -0.25) is 0 Å². The van der Waals surface area contributed by atoms with E-state index in [4.69, 9.17) is 0 Å². The monoisotopic (exact) mass is 330 g/mol. The highest BCUT2D eigenvalue weighted by atomic mass is 19.4. The van der Waals surface area contributed by atoms with Crippen molar-refractivity contribution in [1.29, 1.82) is 0 Å². The summed E-state index contributed by atoms with van der Waals surface area (Å²) in [6, 6.07) is 16.0. The fraction of sp³-hybridized carbons (Fsp3) is 0.0556. The van der Waals surface area contributed by atoms with Gasteiger partial charge in [-0.15, -0.1) is 0 Å². The molecule has 0 spiro atoms. The summed E-state index contributed by atoms with van der Waals surface area (Å²) in [5, 5.41) is 13.0. The van der Waals surface area contributed by atoms with Gasteiger partial charge in [0.05, 0.1) is 11.4 Å². The highest BCUT2D eigenvalue weighted by molar-refractivity contribution is 5.69. The SMILES string of the molecule is Oc1ccc(-n2nc(C(F)(F)F)cc2/C=C/c2ccccc2)cc1. The maximum absolute atomic E-state index is 13.0. The van der Waals surface area contributed by atoms with E-state index in [1.165, 1.54) is 28.9 Å². The fourth-order valence-electron chi connectivity index (χ4n) is 2.20. The van der Waals surface area contributed by atoms with Gasteiger partial charge in [0.25, 0.3) is 0 Å². The molecule has 3 aromatic rings. The molecule has 0 aliphatic carbocycles. The van der Waals surface area contributed by atoms with Gasteiger partial charge in [0.1, 0.15) is 5.75 Å². The molecular formula is C18H13F3N2O. The highest BCUT2D eigenvalue weighted by Crippen LogP contribution is 2.30. The molecule has 1 heterocycles. The number of aromatic hydroxyl groups is 1. The number of rotatable bonds is 3. The van der Waals surface area contributed by atoms with Crippen LogP contribution in [0.4, 0.5) is 13.2 Å². The molecule has 6 heteroatoms. The molecule has 0 fully saturated rings. The fourth-order valence-corrected chi connectivity index (χ4v) is 2.20. The number of hydrogen-bond donors (Lipinski definition) is 1. The number of phenols is 1. The average molecular weight is 330 g/mol. The second-order valence-electron chi connectivity index (χ2n) is 5.12. The van der Waals surface area contributed by atoms with Crippen molar-refractivity contribution in [3.8, 4) is 11.4 Å². The van der Waals surface area contributed by atoms with Gasteiger partial charge in [-0.1, -0.05) is 36.4 Å². The van der Waals surface area contributed by atoms with Crippen molar-refractivity contribution in [1.82, 2.24) is 9.78 Å². The first-order chi connectivity index (χ1) is 11.4. The van der Waals surface area contributed by atoms with Crippen molar-refractivity contribution < 1.29 is 18.3 Å². The van der Waals surface area contributed by atoms with Crippen LogP contribution >= 0.6 is 0 Å². The Kier molecular flexibility index (Phi) is 4.12. The van der Waals surface area contributed by atoms with E-state index < -0.39 is 11.9 Å². The van der Waals surface area contributed by atoms with Crippen LogP contribution in [0.2, 0.25) is 0 Å². The van der Waals surface area contributed by atoms with E-state index in [0.29, 0.717) is 5.69 Å². The number of aromatic nitrogens is 2. The van der Waals surface area contributed by atoms with Crippen LogP contribution in [-0.4, -0.2) is 14.9 Å². The Morgan fingerprint density at radius 2 is 1.58 bits per heavy atom. The minimum Gasteiger partial charge on any atom is -0.508 e. The number of phenolic OH excluding ortho intramolecular Hbond substituents is 1. The zero-order valence-corrected chi connectivity index (χ0v) is 12.4. The molecule has 0 bridgehead atoms. The van der Waals surface area contributed by atoms with Crippen LogP contribution in [0, 0.1) is 0 Å². The summed E-state index contributed by atoms with van der Waals surface area (Å²) in [5.41, 5.74) is 0.612. The van der Waals surface area contributed by atoms with Crippen molar-refractivity contribution in [3.05, 3.63) is 77.6 Å². The van der Waals surface area contributed by atoms with Crippen LogP contribution < -0.4 is 0 Å². The summed E-state index contributed by atoms with van der Waals surface area (Å²) in [6.07, 6.45) is -1.24. The standard InChI is InChI=1S/C18H13F3N2O/c19-18(20,21)17-12-15(7-6-13-4-2-1-3-5-13)23(22-17)14-8-10-16(24)11-9-14/h1-12,24H/b7-6+. The summed E-state index contributed by atoms with van der Waals surface area (Å²) < 4.78 is 40.1. The Balaban J connectivity index is 2.04. The lowest BCUT2D eigenvalue weighted by Crippen LogP contribution is -2.07. The van der Waals surface area contributed by atoms with Gasteiger partial charge in [0.2, 0.25) is 0 Å². The molecule has 0 atom stereocenters. The summed E-state index contributed by atoms with van der Waals surface area (Å²) in [5.74, 6) is 0.0309. The van der Waals surface area contributed by atoms with Gasteiger partial charge in [0, 0.05) is 0 Å². The highest BCUT2D eigenvalue weighted by Gasteiger charge is 2.34. The topological polar surface area (TPSA) is 38.0 Å². The third-order valence-electron chi connectivity index (χ3n) is 3.37. The predicted octanol–water partition coefficient (Wildman–Crippen LogP) is 4.77. The lowest BCUT2D eigenvalue weighted by atomic mass is 10.2. The molecule has 0 saturated carbocycles. The molecule has 1 aromatic heterocycles. The van der Waals surface area contributed by atoms with Crippen molar-refractivity contribution in [2.75, 3.05) is 0 Å². The first-order valence-corrected chi connectivity index (χ1v) is 7.13. The van der Waals surface area contributed by atoms with Crippen molar-refractivity contribution in [2.24, 2.45) is 0 Å². The van der Waals surface area contributed by atoms with E-state index >= 15 is 0 Å². The summed E-state index contributed by atoms with van der Waals surface area (Å²) >= 11 is 0. The van der Waals surface area contributed by atoms with Crippen LogP contribution in [-0.2, 0) is 6.18 Å². The maximum atomic E-state index is 13.0. The smallest absolute Gasteiger partial charge is 0.435 e. The van der Waals surface area contributed by atoms with Gasteiger partial charge in [-0.25, -0.2) is 4.68 Å². The Labute approximate surface area is 136 Å². The molecule has 24 heavy (non-hydrogen) atoms. The maximum Gasteiger partial charge on any atom is 0.435 e. The van der Waals surface area contributed by atoms with E-state index in [-0.39, 0.29) is 11.4 Å². The Morgan fingerprint density at radius 1 is 0.917 bits per heavy atom. The molecule has 3 nitrogen and oxygen atoms in total. The third-order valence-corrected chi connectivity index (χ3v) is 3.37. The van der Waals surface area contributed by atoms with Gasteiger partial charge in [0.15, 0.2) is 5.69 Å². The number of alkyl halides is 3. The molecule has 0 unspecified atom stereocenters. The summed E-state index contributed by atoms with van der Waals surface area (Å²) in [6.45, 7) is 0. The van der Waals surface area contributed by atoms with Crippen LogP contribution in [0.15, 0.2) is 60.7 Å². The lowest BCUT2D eigenvalue weighted by Gasteiger charge is -2.05. The minimum absolute atomic E-state index is 0.0309. The van der Waals surface area contributed by atoms with Crippen LogP contribution in [0.25, 0.3) is 17.8 Å². The molecule has 0 amide bonds. The molecule has 0 aliphatic rings. The van der Waals surface area contributed by atoms with Crippen molar-refractivity contribution in [3.63, 3.8) is 0 Å². The zero-order chi connectivity index (χ0) is 17.2. The second-order valence-corrected chi connectivity index (χ2v) is 5.12. The van der Waals surface area contributed by atoms with Crippen LogP contribution in [0.5, 0.6) is 5.75 Å². The number of benzene rings is 2. The second kappa shape index (κ2) is 6.23. The number of nitrogens with zero attached hydrogens (tertiary/aromatic N) is 2. The summed E-state index contributed by atoms with van der Waals surface area (Å²) in [4.78, 5) is 0. The average Bonchev–Trinajstić information content (AvgIpc) is 2.99. The molecule has 0 radical (unpaired) electrons. The quantitative estimate of drug-likeness (QED) is 0.751. The van der Waals surface area contributed by atoms with Gasteiger partial charge < -0.3 is 5.11 Å². The Hall–Kier alpha value is -3.02. The molecule has 3 rings (SSSR count). The summed E-state index contributed by atoms with van der Waals surface area (Å²) in [7, 11) is 0. The lowest BCUT2D eigenvalue weighted by molar-refractivity contribution is -0.141. The molecule has 0 aliphatic heterocycles. The van der Waals surface area contributed by atoms with E-state index in [1.807, 2.05) is 30.3 Å². The largest absolute Gasteiger partial charge is 0.508 e. The molecule has 2 aromatic carbocycles. The van der Waals surface area contributed by atoms with E-state index in [9.17, 15) is 18.3 Å². The van der Waals surface area contributed by atoms with Crippen molar-refractivity contribution >= 4 is 12.2 Å². The van der Waals surface area contributed by atoms with Crippen molar-refractivity contribution in [2.45, 2.75) is 6.18 Å². The number of halogens is 3. The first-order valence-electron chi connectivity index (χ1n) is 7.13. The Morgan fingerprint density at radius 3 is 2.21 bits per heavy atom. The molecule has 0 saturated heterocycles. The Bertz CT molecular complexity index is 850. The zero-order valence-electron chi connectivity index (χ0n) is 12.4. The van der Waals surface area contributed by atoms with Gasteiger partial charge in [-0.05, 0) is 42.0 Å². The van der Waals surface area contributed by atoms with Crippen LogP contribution in [0.3, 0.4) is 0 Å². The van der Waals surface area contributed by atoms with E-state index in [0.717, 1.165) is 11.6 Å². The molecule has 1 N–H and O–H groups in total. The molecule has 122 valence electrons. The third kappa shape index (κ3) is 3.48.